The van der Waals surface area contributed by atoms with Crippen molar-refractivity contribution in [2.24, 2.45) is 5.92 Å². The third kappa shape index (κ3) is 9.33. The van der Waals surface area contributed by atoms with Crippen molar-refractivity contribution in [2.75, 3.05) is 6.54 Å². The maximum atomic E-state index is 13.5. The van der Waals surface area contributed by atoms with Gasteiger partial charge in [0.2, 0.25) is 11.8 Å². The molecule has 0 aromatic carbocycles. The van der Waals surface area contributed by atoms with Crippen molar-refractivity contribution in [3.63, 3.8) is 0 Å². The van der Waals surface area contributed by atoms with E-state index >= 15 is 0 Å². The average Bonchev–Trinajstić information content (AvgIpc) is 3.12. The number of amides is 3. The molecule has 2 N–H and O–H groups in total. The molecule has 8 heteroatoms. The zero-order chi connectivity index (χ0) is 24.4. The molecule has 8 nitrogen and oxygen atoms in total. The average molecular weight is 466 g/mol. The first kappa shape index (κ1) is 27.1. The van der Waals surface area contributed by atoms with Gasteiger partial charge < -0.3 is 25.1 Å². The minimum atomic E-state index is -0.738. The molecule has 0 aromatic heterocycles. The van der Waals surface area contributed by atoms with Crippen molar-refractivity contribution in [1.29, 1.82) is 0 Å². The first-order chi connectivity index (χ1) is 15.6. The van der Waals surface area contributed by atoms with Crippen LogP contribution in [0.15, 0.2) is 0 Å². The first-order valence-electron chi connectivity index (χ1n) is 12.7. The van der Waals surface area contributed by atoms with Crippen LogP contribution in [0.25, 0.3) is 0 Å². The van der Waals surface area contributed by atoms with Gasteiger partial charge in [0.1, 0.15) is 24.0 Å². The zero-order valence-electron chi connectivity index (χ0n) is 20.9. The van der Waals surface area contributed by atoms with E-state index in [4.69, 9.17) is 4.74 Å². The van der Waals surface area contributed by atoms with Crippen LogP contribution in [0.2, 0.25) is 0 Å². The Labute approximate surface area is 198 Å². The van der Waals surface area contributed by atoms with Gasteiger partial charge in [0, 0.05) is 6.54 Å². The van der Waals surface area contributed by atoms with Crippen LogP contribution in [0, 0.1) is 5.92 Å². The van der Waals surface area contributed by atoms with Crippen molar-refractivity contribution < 1.29 is 23.9 Å². The molecule has 0 unspecified atom stereocenters. The Morgan fingerprint density at radius 3 is 2.18 bits per heavy atom. The molecule has 2 rings (SSSR count). The largest absolute Gasteiger partial charge is 0.444 e. The number of aldehydes is 1. The van der Waals surface area contributed by atoms with E-state index in [2.05, 4.69) is 10.6 Å². The van der Waals surface area contributed by atoms with E-state index in [-0.39, 0.29) is 17.7 Å². The predicted molar refractivity (Wildman–Crippen MR) is 127 cm³/mol. The maximum Gasteiger partial charge on any atom is 0.408 e. The van der Waals surface area contributed by atoms with E-state index in [0.717, 1.165) is 57.7 Å². The Morgan fingerprint density at radius 2 is 1.61 bits per heavy atom. The molecule has 2 saturated heterocycles. The Balaban J connectivity index is 2.19. The second kappa shape index (κ2) is 12.9. The van der Waals surface area contributed by atoms with Crippen LogP contribution in [-0.4, -0.2) is 59.4 Å². The van der Waals surface area contributed by atoms with E-state index in [1.807, 2.05) is 6.92 Å². The molecular formula is C25H43N3O5. The summed E-state index contributed by atoms with van der Waals surface area (Å²) in [6.45, 7) is 7.80. The van der Waals surface area contributed by atoms with Crippen LogP contribution in [0.3, 0.4) is 0 Å². The van der Waals surface area contributed by atoms with Gasteiger partial charge in [0.25, 0.3) is 0 Å². The van der Waals surface area contributed by atoms with Gasteiger partial charge >= 0.3 is 6.09 Å². The number of hydrogen-bond acceptors (Lipinski definition) is 5. The van der Waals surface area contributed by atoms with E-state index < -0.39 is 29.8 Å². The standard InChI is InChI=1S/C25H43N3O5/c1-18-15-21-22(30)26-19(17-29)13-11-9-7-5-6-8-10-12-14-20(23(31)28(21)16-18)27-24(32)33-25(2,3)4/h17-21H,5-16H2,1-4H3,(H,26,30)(H,27,32)/t18-,19+,20+,21+/m1/s1. The minimum Gasteiger partial charge on any atom is -0.444 e. The van der Waals surface area contributed by atoms with Crippen LogP contribution in [0.5, 0.6) is 0 Å². The Morgan fingerprint density at radius 1 is 1.03 bits per heavy atom. The molecule has 2 aliphatic heterocycles. The molecule has 0 aromatic rings. The summed E-state index contributed by atoms with van der Waals surface area (Å²) < 4.78 is 5.39. The topological polar surface area (TPSA) is 105 Å². The summed E-state index contributed by atoms with van der Waals surface area (Å²) in [7, 11) is 0. The summed E-state index contributed by atoms with van der Waals surface area (Å²) in [5.74, 6) is -0.380. The zero-order valence-corrected chi connectivity index (χ0v) is 20.9. The van der Waals surface area contributed by atoms with Crippen molar-refractivity contribution in [1.82, 2.24) is 15.5 Å². The third-order valence-corrected chi connectivity index (χ3v) is 6.33. The Kier molecular flexibility index (Phi) is 10.6. The summed E-state index contributed by atoms with van der Waals surface area (Å²) >= 11 is 0. The van der Waals surface area contributed by atoms with Crippen molar-refractivity contribution >= 4 is 24.2 Å². The van der Waals surface area contributed by atoms with Crippen LogP contribution in [0.4, 0.5) is 4.79 Å². The molecule has 2 heterocycles. The monoisotopic (exact) mass is 465 g/mol. The quantitative estimate of drug-likeness (QED) is 0.605. The number of alkyl carbamates (subject to hydrolysis) is 1. The normalized spacial score (nSPS) is 28.9. The minimum absolute atomic E-state index is 0.159. The summed E-state index contributed by atoms with van der Waals surface area (Å²) in [6, 6.07) is -1.90. The highest BCUT2D eigenvalue weighted by molar-refractivity contribution is 5.92. The first-order valence-corrected chi connectivity index (χ1v) is 12.7. The number of carbonyl (C=O) groups excluding carboxylic acids is 4. The molecule has 0 aliphatic carbocycles. The number of carbonyl (C=O) groups is 4. The fraction of sp³-hybridized carbons (Fsp3) is 0.840. The smallest absolute Gasteiger partial charge is 0.408 e. The lowest BCUT2D eigenvalue weighted by atomic mass is 10.0. The van der Waals surface area contributed by atoms with Gasteiger partial charge in [0.05, 0.1) is 6.04 Å². The third-order valence-electron chi connectivity index (χ3n) is 6.33. The molecule has 33 heavy (non-hydrogen) atoms. The van der Waals surface area contributed by atoms with E-state index in [0.29, 0.717) is 25.8 Å². The Hall–Kier alpha value is -2.12. The molecule has 0 spiro atoms. The maximum absolute atomic E-state index is 13.5. The summed E-state index contributed by atoms with van der Waals surface area (Å²) in [4.78, 5) is 52.1. The van der Waals surface area contributed by atoms with Crippen molar-refractivity contribution in [3.8, 4) is 0 Å². The second-order valence-corrected chi connectivity index (χ2v) is 10.7. The molecular weight excluding hydrogens is 422 g/mol. The number of rotatable bonds is 2. The predicted octanol–water partition coefficient (Wildman–Crippen LogP) is 3.72. The van der Waals surface area contributed by atoms with E-state index in [1.165, 1.54) is 0 Å². The highest BCUT2D eigenvalue weighted by Crippen LogP contribution is 2.25. The van der Waals surface area contributed by atoms with Gasteiger partial charge in [-0.05, 0) is 46.0 Å². The highest BCUT2D eigenvalue weighted by Gasteiger charge is 2.41. The lowest BCUT2D eigenvalue weighted by Gasteiger charge is -2.30. The van der Waals surface area contributed by atoms with Gasteiger partial charge in [-0.3, -0.25) is 9.59 Å². The molecule has 4 atom stereocenters. The number of nitrogens with zero attached hydrogens (tertiary/aromatic N) is 1. The fourth-order valence-electron chi connectivity index (χ4n) is 4.67. The van der Waals surface area contributed by atoms with Gasteiger partial charge in [-0.15, -0.1) is 0 Å². The van der Waals surface area contributed by atoms with Gasteiger partial charge in [0.15, 0.2) is 0 Å². The second-order valence-electron chi connectivity index (χ2n) is 10.7. The molecule has 0 bridgehead atoms. The number of hydrogen-bond donors (Lipinski definition) is 2. The lowest BCUT2D eigenvalue weighted by Crippen LogP contribution is -2.55. The molecule has 2 aliphatic rings. The van der Waals surface area contributed by atoms with Crippen LogP contribution < -0.4 is 10.6 Å². The van der Waals surface area contributed by atoms with Crippen LogP contribution in [-0.2, 0) is 19.1 Å². The van der Waals surface area contributed by atoms with Gasteiger partial charge in [-0.1, -0.05) is 58.3 Å². The summed E-state index contributed by atoms with van der Waals surface area (Å²) in [5, 5.41) is 5.61. The van der Waals surface area contributed by atoms with Crippen molar-refractivity contribution in [3.05, 3.63) is 0 Å². The van der Waals surface area contributed by atoms with Gasteiger partial charge in [-0.25, -0.2) is 4.79 Å². The lowest BCUT2D eigenvalue weighted by molar-refractivity contribution is -0.140. The van der Waals surface area contributed by atoms with E-state index in [9.17, 15) is 19.2 Å². The van der Waals surface area contributed by atoms with E-state index in [1.54, 1.807) is 25.7 Å². The molecule has 2 fully saturated rings. The summed E-state index contributed by atoms with van der Waals surface area (Å²) in [6.07, 6.45) is 10.1. The summed E-state index contributed by atoms with van der Waals surface area (Å²) in [5.41, 5.74) is -0.668. The van der Waals surface area contributed by atoms with Crippen LogP contribution >= 0.6 is 0 Å². The SMILES string of the molecule is C[C@@H]1C[C@H]2C(=O)N[C@H](C=O)CCCCCCCCCC[C@H](NC(=O)OC(C)(C)C)C(=O)N2C1. The highest BCUT2D eigenvalue weighted by atomic mass is 16.6. The number of ether oxygens (including phenoxy) is 1. The van der Waals surface area contributed by atoms with Crippen LogP contribution in [0.1, 0.15) is 98.3 Å². The molecule has 0 saturated carbocycles. The molecule has 188 valence electrons. The van der Waals surface area contributed by atoms with Crippen molar-refractivity contribution in [2.45, 2.75) is 122 Å². The fourth-order valence-corrected chi connectivity index (χ4v) is 4.67. The molecule has 0 radical (unpaired) electrons. The number of nitrogens with one attached hydrogen (secondary N) is 2. The number of fused-ring (bicyclic) bond motifs is 1. The molecule has 3 amide bonds. The van der Waals surface area contributed by atoms with Gasteiger partial charge in [-0.2, -0.15) is 0 Å². The Bertz CT molecular complexity index is 675.